The minimum Gasteiger partial charge on any atom is -0.360 e. The molecule has 2 aromatic carbocycles. The molecule has 0 aliphatic heterocycles. The van der Waals surface area contributed by atoms with Crippen LogP contribution in [0.5, 0.6) is 0 Å². The predicted molar refractivity (Wildman–Crippen MR) is 122 cm³/mol. The first-order valence-corrected chi connectivity index (χ1v) is 10.7. The zero-order valence-corrected chi connectivity index (χ0v) is 17.8. The minimum atomic E-state index is -0.340. The maximum atomic E-state index is 12.7. The Hall–Kier alpha value is -3.30. The minimum absolute atomic E-state index is 0.143. The van der Waals surface area contributed by atoms with Gasteiger partial charge in [-0.05, 0) is 24.3 Å². The molecule has 0 atom stereocenters. The van der Waals surface area contributed by atoms with E-state index in [1.165, 1.54) is 22.2 Å². The number of hydrogen-bond acceptors (Lipinski definition) is 5. The molecule has 0 fully saturated rings. The van der Waals surface area contributed by atoms with Gasteiger partial charge >= 0.3 is 0 Å². The largest absolute Gasteiger partial charge is 0.360 e. The van der Waals surface area contributed by atoms with E-state index in [2.05, 4.69) is 36.2 Å². The van der Waals surface area contributed by atoms with Crippen molar-refractivity contribution < 1.29 is 4.79 Å². The second-order valence-corrected chi connectivity index (χ2v) is 8.45. The van der Waals surface area contributed by atoms with Gasteiger partial charge in [-0.3, -0.25) is 14.2 Å². The molecule has 2 N–H and O–H groups in total. The third-order valence-corrected chi connectivity index (χ3v) is 5.97. The Bertz CT molecular complexity index is 1470. The van der Waals surface area contributed by atoms with E-state index in [9.17, 15) is 9.59 Å². The van der Waals surface area contributed by atoms with Crippen LogP contribution in [-0.2, 0) is 11.3 Å². The molecule has 0 saturated carbocycles. The highest BCUT2D eigenvalue weighted by Crippen LogP contribution is 2.30. The molecule has 3 heterocycles. The Balaban J connectivity index is 1.36. The van der Waals surface area contributed by atoms with E-state index >= 15 is 0 Å². The molecule has 3 aromatic heterocycles. The van der Waals surface area contributed by atoms with Crippen LogP contribution < -0.4 is 10.9 Å². The number of carbonyl (C=O) groups excluding carboxylic acids is 1. The van der Waals surface area contributed by atoms with Crippen molar-refractivity contribution in [2.45, 2.75) is 6.54 Å². The Morgan fingerprint density at radius 1 is 1.20 bits per heavy atom. The number of nitrogens with one attached hydrogen (secondary N) is 2. The quantitative estimate of drug-likeness (QED) is 0.399. The van der Waals surface area contributed by atoms with Gasteiger partial charge in [0.2, 0.25) is 5.91 Å². The molecule has 9 heteroatoms. The summed E-state index contributed by atoms with van der Waals surface area (Å²) >= 11 is 4.69. The summed E-state index contributed by atoms with van der Waals surface area (Å²) in [6.07, 6.45) is 3.29. The second-order valence-electron chi connectivity index (χ2n) is 6.67. The summed E-state index contributed by atoms with van der Waals surface area (Å²) < 4.78 is 2.07. The number of anilines is 1. The van der Waals surface area contributed by atoms with Gasteiger partial charge in [-0.25, -0.2) is 9.97 Å². The lowest BCUT2D eigenvalue weighted by Crippen LogP contribution is -2.27. The molecular weight excluding hydrogens is 466 g/mol. The summed E-state index contributed by atoms with van der Waals surface area (Å²) in [7, 11) is 0. The molecule has 7 nitrogen and oxygen atoms in total. The van der Waals surface area contributed by atoms with Crippen LogP contribution in [-0.4, -0.2) is 25.4 Å². The Morgan fingerprint density at radius 2 is 2.07 bits per heavy atom. The van der Waals surface area contributed by atoms with Gasteiger partial charge < -0.3 is 10.3 Å². The van der Waals surface area contributed by atoms with Crippen molar-refractivity contribution >= 4 is 60.1 Å². The van der Waals surface area contributed by atoms with Gasteiger partial charge in [-0.1, -0.05) is 34.1 Å². The number of thiazole rings is 1. The average Bonchev–Trinajstić information content (AvgIpc) is 3.37. The highest BCUT2D eigenvalue weighted by atomic mass is 79.9. The van der Waals surface area contributed by atoms with Crippen molar-refractivity contribution in [1.82, 2.24) is 19.5 Å². The van der Waals surface area contributed by atoms with Crippen LogP contribution in [0, 0.1) is 0 Å². The molecule has 0 radical (unpaired) electrons. The van der Waals surface area contributed by atoms with E-state index < -0.39 is 0 Å². The lowest BCUT2D eigenvalue weighted by atomic mass is 10.1. The lowest BCUT2D eigenvalue weighted by molar-refractivity contribution is -0.116. The summed E-state index contributed by atoms with van der Waals surface area (Å²) in [5.74, 6) is -0.340. The van der Waals surface area contributed by atoms with Crippen molar-refractivity contribution in [1.29, 1.82) is 0 Å². The Morgan fingerprint density at radius 3 is 2.97 bits per heavy atom. The van der Waals surface area contributed by atoms with Crippen LogP contribution >= 0.6 is 27.3 Å². The van der Waals surface area contributed by atoms with Crippen molar-refractivity contribution in [3.05, 3.63) is 75.2 Å². The molecule has 30 heavy (non-hydrogen) atoms. The van der Waals surface area contributed by atoms with Crippen LogP contribution in [0.25, 0.3) is 33.1 Å². The van der Waals surface area contributed by atoms with Gasteiger partial charge in [-0.2, -0.15) is 0 Å². The average molecular weight is 480 g/mol. The molecular formula is C21H14BrN5O2S. The molecule has 0 saturated heterocycles. The molecule has 0 unspecified atom stereocenters. The van der Waals surface area contributed by atoms with Gasteiger partial charge in [-0.15, -0.1) is 11.3 Å². The summed E-state index contributed by atoms with van der Waals surface area (Å²) in [6.45, 7) is -0.143. The number of H-pyrrole nitrogens is 1. The normalized spacial score (nSPS) is 11.2. The maximum absolute atomic E-state index is 12.7. The van der Waals surface area contributed by atoms with Crippen LogP contribution in [0.2, 0.25) is 0 Å². The highest BCUT2D eigenvalue weighted by molar-refractivity contribution is 9.10. The fraction of sp³-hybridized carbons (Fsp3) is 0.0476. The topological polar surface area (TPSA) is 92.7 Å². The second kappa shape index (κ2) is 7.51. The third kappa shape index (κ3) is 3.42. The number of rotatable bonds is 4. The van der Waals surface area contributed by atoms with Crippen LogP contribution in [0.3, 0.4) is 0 Å². The summed E-state index contributed by atoms with van der Waals surface area (Å²) in [4.78, 5) is 37.2. The third-order valence-electron chi connectivity index (χ3n) is 4.72. The molecule has 148 valence electrons. The number of halogens is 1. The van der Waals surface area contributed by atoms with E-state index in [-0.39, 0.29) is 18.0 Å². The predicted octanol–water partition coefficient (Wildman–Crippen LogP) is 4.40. The van der Waals surface area contributed by atoms with Gasteiger partial charge in [0.05, 0.1) is 22.9 Å². The van der Waals surface area contributed by atoms with Crippen molar-refractivity contribution in [3.63, 3.8) is 0 Å². The number of para-hydroxylation sites is 1. The van der Waals surface area contributed by atoms with Crippen LogP contribution in [0.4, 0.5) is 5.13 Å². The molecule has 0 bridgehead atoms. The van der Waals surface area contributed by atoms with E-state index in [4.69, 9.17) is 0 Å². The first-order valence-electron chi connectivity index (χ1n) is 9.05. The van der Waals surface area contributed by atoms with Gasteiger partial charge in [0.25, 0.3) is 5.56 Å². The van der Waals surface area contributed by atoms with Crippen LogP contribution in [0.15, 0.2) is 69.6 Å². The van der Waals surface area contributed by atoms with Crippen molar-refractivity contribution in [2.24, 2.45) is 0 Å². The molecule has 0 aliphatic carbocycles. The van der Waals surface area contributed by atoms with Crippen molar-refractivity contribution in [2.75, 3.05) is 5.32 Å². The van der Waals surface area contributed by atoms with Crippen molar-refractivity contribution in [3.8, 4) is 11.3 Å². The smallest absolute Gasteiger partial charge is 0.261 e. The van der Waals surface area contributed by atoms with E-state index in [0.29, 0.717) is 16.0 Å². The van der Waals surface area contributed by atoms with E-state index in [1.807, 2.05) is 41.9 Å². The highest BCUT2D eigenvalue weighted by Gasteiger charge is 2.13. The SMILES string of the molecule is O=C(Cn1cnc2ccc(Br)cc2c1=O)Nc1nc(-c2c[nH]c3ccccc23)cs1. The summed E-state index contributed by atoms with van der Waals surface area (Å²) in [6, 6.07) is 13.2. The fourth-order valence-corrected chi connectivity index (χ4v) is 4.38. The van der Waals surface area contributed by atoms with E-state index in [1.54, 1.807) is 12.1 Å². The lowest BCUT2D eigenvalue weighted by Gasteiger charge is -2.06. The molecule has 5 rings (SSSR count). The molecule has 5 aromatic rings. The number of hydrogen-bond donors (Lipinski definition) is 2. The number of amides is 1. The number of aromatic nitrogens is 4. The zero-order valence-electron chi connectivity index (χ0n) is 15.4. The zero-order chi connectivity index (χ0) is 20.7. The molecule has 0 spiro atoms. The number of benzene rings is 2. The molecule has 1 amide bonds. The van der Waals surface area contributed by atoms with Gasteiger partial charge in [0.1, 0.15) is 6.54 Å². The number of aromatic amines is 1. The first-order chi connectivity index (χ1) is 14.6. The first kappa shape index (κ1) is 18.7. The summed E-state index contributed by atoms with van der Waals surface area (Å²) in [5, 5.41) is 6.67. The van der Waals surface area contributed by atoms with Gasteiger partial charge in [0.15, 0.2) is 5.13 Å². The fourth-order valence-electron chi connectivity index (χ4n) is 3.30. The van der Waals surface area contributed by atoms with E-state index in [0.717, 1.165) is 26.6 Å². The van der Waals surface area contributed by atoms with Crippen LogP contribution in [0.1, 0.15) is 0 Å². The Kier molecular flexibility index (Phi) is 4.68. The molecule has 0 aliphatic rings. The standard InChI is InChI=1S/C21H14BrN5O2S/c22-12-5-6-17-14(7-12)20(29)27(11-24-17)9-19(28)26-21-25-18(10-30-21)15-8-23-16-4-2-1-3-13(15)16/h1-8,10-11,23H,9H2,(H,25,26,28). The number of carbonyl (C=O) groups is 1. The Labute approximate surface area is 182 Å². The number of fused-ring (bicyclic) bond motifs is 2. The van der Waals surface area contributed by atoms with Gasteiger partial charge in [0, 0.05) is 32.5 Å². The maximum Gasteiger partial charge on any atom is 0.261 e. The number of nitrogens with zero attached hydrogens (tertiary/aromatic N) is 3. The summed E-state index contributed by atoms with van der Waals surface area (Å²) in [5.41, 5.74) is 3.10. The monoisotopic (exact) mass is 479 g/mol.